The van der Waals surface area contributed by atoms with Gasteiger partial charge in [0.1, 0.15) is 6.61 Å². The molecule has 0 saturated heterocycles. The number of ether oxygens (including phenoxy) is 2. The number of carbonyl (C=O) groups is 2. The minimum atomic E-state index is -0.877. The van der Waals surface area contributed by atoms with Crippen LogP contribution in [0.1, 0.15) is 181 Å². The number of rotatable bonds is 36. The molecule has 290 valence electrons. The average Bonchev–Trinajstić information content (AvgIpc) is 3.10. The van der Waals surface area contributed by atoms with Gasteiger partial charge in [0.2, 0.25) is 0 Å². The highest BCUT2D eigenvalue weighted by Crippen LogP contribution is 2.15. The van der Waals surface area contributed by atoms with E-state index in [4.69, 9.17) is 9.47 Å². The number of carbonyl (C=O) groups excluding carboxylic acids is 2. The zero-order valence-corrected chi connectivity index (χ0v) is 32.1. The lowest BCUT2D eigenvalue weighted by atomic mass is 10.0. The molecule has 0 aromatic rings. The van der Waals surface area contributed by atoms with E-state index in [-0.39, 0.29) is 25.1 Å². The zero-order chi connectivity index (χ0) is 36.8. The van der Waals surface area contributed by atoms with Gasteiger partial charge in [0, 0.05) is 12.8 Å². The molecule has 3 atom stereocenters. The molecule has 0 rings (SSSR count). The fraction of sp³-hybridized carbons (Fsp3) is 0.767. The summed E-state index contributed by atoms with van der Waals surface area (Å²) in [6.45, 7) is 3.85. The summed E-state index contributed by atoms with van der Waals surface area (Å²) in [5, 5.41) is 29.5. The first kappa shape index (κ1) is 47.8. The van der Waals surface area contributed by atoms with E-state index in [1.165, 1.54) is 89.9 Å². The number of aliphatic hydroxyl groups is 3. The fourth-order valence-corrected chi connectivity index (χ4v) is 5.65. The van der Waals surface area contributed by atoms with E-state index in [9.17, 15) is 24.9 Å². The molecule has 3 N–H and O–H groups in total. The number of hydrogen-bond acceptors (Lipinski definition) is 7. The van der Waals surface area contributed by atoms with Gasteiger partial charge in [0.05, 0.1) is 18.8 Å². The van der Waals surface area contributed by atoms with E-state index < -0.39 is 24.8 Å². The summed E-state index contributed by atoms with van der Waals surface area (Å²) in [5.74, 6) is -0.816. The number of aliphatic hydroxyl groups excluding tert-OH is 3. The molecule has 0 unspecified atom stereocenters. The maximum atomic E-state index is 12.2. The Morgan fingerprint density at radius 1 is 0.540 bits per heavy atom. The van der Waals surface area contributed by atoms with Gasteiger partial charge in [-0.1, -0.05) is 184 Å². The molecule has 0 aliphatic rings. The Bertz CT molecular complexity index is 878. The van der Waals surface area contributed by atoms with Crippen LogP contribution in [0, 0.1) is 0 Å². The average molecular weight is 705 g/mol. The molecule has 0 aromatic carbocycles. The van der Waals surface area contributed by atoms with E-state index in [2.05, 4.69) is 13.8 Å². The predicted octanol–water partition coefficient (Wildman–Crippen LogP) is 10.6. The minimum Gasteiger partial charge on any atom is -0.462 e. The first-order valence-electron chi connectivity index (χ1n) is 20.4. The number of unbranched alkanes of at least 4 members (excludes halogenated alkanes) is 18. The molecule has 7 nitrogen and oxygen atoms in total. The van der Waals surface area contributed by atoms with E-state index in [1.54, 1.807) is 12.2 Å². The van der Waals surface area contributed by atoms with Crippen molar-refractivity contribution in [3.05, 3.63) is 48.6 Å². The van der Waals surface area contributed by atoms with Crippen LogP contribution < -0.4 is 0 Å². The van der Waals surface area contributed by atoms with Crippen LogP contribution in [-0.4, -0.2) is 58.8 Å². The van der Waals surface area contributed by atoms with Gasteiger partial charge in [-0.3, -0.25) is 9.59 Å². The summed E-state index contributed by atoms with van der Waals surface area (Å²) >= 11 is 0. The van der Waals surface area contributed by atoms with Gasteiger partial charge in [-0.05, 0) is 32.1 Å². The Morgan fingerprint density at radius 2 is 0.960 bits per heavy atom. The Kier molecular flexibility index (Phi) is 36.3. The Balaban J connectivity index is 3.77. The molecule has 0 radical (unpaired) electrons. The third kappa shape index (κ3) is 35.6. The van der Waals surface area contributed by atoms with Gasteiger partial charge in [-0.15, -0.1) is 0 Å². The highest BCUT2D eigenvalue weighted by atomic mass is 16.6. The molecular weight excluding hydrogens is 628 g/mol. The molecule has 0 aliphatic carbocycles. The Labute approximate surface area is 306 Å². The summed E-state index contributed by atoms with van der Waals surface area (Å²) in [6.07, 6.45) is 41.0. The van der Waals surface area contributed by atoms with Crippen molar-refractivity contribution in [2.45, 2.75) is 199 Å². The van der Waals surface area contributed by atoms with E-state index in [1.807, 2.05) is 36.5 Å². The zero-order valence-electron chi connectivity index (χ0n) is 32.1. The van der Waals surface area contributed by atoms with Crippen LogP contribution >= 0.6 is 0 Å². The lowest BCUT2D eigenvalue weighted by molar-refractivity contribution is -0.161. The van der Waals surface area contributed by atoms with Crippen LogP contribution in [0.2, 0.25) is 0 Å². The molecule has 0 aliphatic heterocycles. The molecule has 0 amide bonds. The predicted molar refractivity (Wildman–Crippen MR) is 208 cm³/mol. The summed E-state index contributed by atoms with van der Waals surface area (Å²) in [6, 6.07) is 0. The third-order valence-corrected chi connectivity index (χ3v) is 8.83. The topological polar surface area (TPSA) is 113 Å². The molecule has 0 spiro atoms. The second-order valence-electron chi connectivity index (χ2n) is 13.8. The first-order chi connectivity index (χ1) is 24.4. The molecule has 0 fully saturated rings. The van der Waals surface area contributed by atoms with Crippen molar-refractivity contribution in [3.8, 4) is 0 Å². The van der Waals surface area contributed by atoms with E-state index >= 15 is 0 Å². The Hall–Kier alpha value is -2.22. The lowest BCUT2D eigenvalue weighted by Gasteiger charge is -2.16. The third-order valence-electron chi connectivity index (χ3n) is 8.83. The van der Waals surface area contributed by atoms with Crippen LogP contribution in [0.15, 0.2) is 48.6 Å². The largest absolute Gasteiger partial charge is 0.462 e. The molecule has 0 heterocycles. The highest BCUT2D eigenvalue weighted by molar-refractivity contribution is 5.70. The number of esters is 2. The molecule has 7 heteroatoms. The van der Waals surface area contributed by atoms with Crippen molar-refractivity contribution in [1.29, 1.82) is 0 Å². The maximum absolute atomic E-state index is 12.2. The van der Waals surface area contributed by atoms with Gasteiger partial charge in [-0.25, -0.2) is 0 Å². The minimum absolute atomic E-state index is 0.107. The highest BCUT2D eigenvalue weighted by Gasteiger charge is 2.16. The molecule has 0 aromatic heterocycles. The SMILES string of the molecule is CCCCCCCCCCCCCCCCCCCC(=O)OC[C@H](CO)OC(=O)CCC[C@H](O)/C=C/C=C\C/C=C\C=C\[C@H](O)CCCCC. The monoisotopic (exact) mass is 705 g/mol. The molecular formula is C43H76O7. The summed E-state index contributed by atoms with van der Waals surface area (Å²) in [5.41, 5.74) is 0. The standard InChI is InChI=1S/C43H76O7/c1-3-5-7-8-9-10-11-12-13-14-15-16-17-18-22-25-29-35-42(47)49-38-41(37-44)50-43(48)36-30-34-40(46)33-28-24-21-19-20-23-27-32-39(45)31-26-6-4-2/h20-21,23-24,27-28,32-33,39-41,44-46H,3-19,22,25-26,29-31,34-38H2,1-2H3/b23-20-,24-21-,32-27+,33-28+/t39-,40-,41+/m1/s1. The number of allylic oxidation sites excluding steroid dienone is 6. The van der Waals surface area contributed by atoms with Crippen molar-refractivity contribution < 1.29 is 34.4 Å². The van der Waals surface area contributed by atoms with Crippen LogP contribution in [0.3, 0.4) is 0 Å². The second kappa shape index (κ2) is 38.0. The van der Waals surface area contributed by atoms with Gasteiger partial charge < -0.3 is 24.8 Å². The van der Waals surface area contributed by atoms with Gasteiger partial charge in [-0.2, -0.15) is 0 Å². The van der Waals surface area contributed by atoms with Gasteiger partial charge >= 0.3 is 11.9 Å². The van der Waals surface area contributed by atoms with Crippen molar-refractivity contribution >= 4 is 11.9 Å². The van der Waals surface area contributed by atoms with Gasteiger partial charge in [0.25, 0.3) is 0 Å². The Morgan fingerprint density at radius 3 is 1.44 bits per heavy atom. The van der Waals surface area contributed by atoms with Crippen LogP contribution in [-0.2, 0) is 19.1 Å². The van der Waals surface area contributed by atoms with Crippen molar-refractivity contribution in [3.63, 3.8) is 0 Å². The first-order valence-corrected chi connectivity index (χ1v) is 20.4. The van der Waals surface area contributed by atoms with Crippen LogP contribution in [0.25, 0.3) is 0 Å². The van der Waals surface area contributed by atoms with Crippen molar-refractivity contribution in [1.82, 2.24) is 0 Å². The molecule has 0 saturated carbocycles. The summed E-state index contributed by atoms with van der Waals surface area (Å²) in [7, 11) is 0. The van der Waals surface area contributed by atoms with Crippen molar-refractivity contribution in [2.24, 2.45) is 0 Å². The number of hydrogen-bond donors (Lipinski definition) is 3. The van der Waals surface area contributed by atoms with E-state index in [0.29, 0.717) is 19.3 Å². The quantitative estimate of drug-likeness (QED) is 0.0338. The smallest absolute Gasteiger partial charge is 0.306 e. The maximum Gasteiger partial charge on any atom is 0.306 e. The molecule has 0 bridgehead atoms. The summed E-state index contributed by atoms with van der Waals surface area (Å²) in [4.78, 5) is 24.3. The van der Waals surface area contributed by atoms with Crippen LogP contribution in [0.5, 0.6) is 0 Å². The van der Waals surface area contributed by atoms with Crippen LogP contribution in [0.4, 0.5) is 0 Å². The van der Waals surface area contributed by atoms with E-state index in [0.717, 1.165) is 51.4 Å². The fourth-order valence-electron chi connectivity index (χ4n) is 5.65. The lowest BCUT2D eigenvalue weighted by Crippen LogP contribution is -2.28. The second-order valence-corrected chi connectivity index (χ2v) is 13.8. The van der Waals surface area contributed by atoms with Gasteiger partial charge in [0.15, 0.2) is 6.10 Å². The molecule has 50 heavy (non-hydrogen) atoms. The normalized spacial score (nSPS) is 13.9. The van der Waals surface area contributed by atoms with Crippen molar-refractivity contribution in [2.75, 3.05) is 13.2 Å². The summed E-state index contributed by atoms with van der Waals surface area (Å²) < 4.78 is 10.5.